The van der Waals surface area contributed by atoms with E-state index in [1.807, 2.05) is 0 Å². The number of hydrogen-bond acceptors (Lipinski definition) is 4. The molecule has 124 valence electrons. The third-order valence-electron chi connectivity index (χ3n) is 3.00. The first-order chi connectivity index (χ1) is 10.7. The predicted molar refractivity (Wildman–Crippen MR) is 73.7 cm³/mol. The number of carbonyl (C=O) groups is 1. The van der Waals surface area contributed by atoms with E-state index in [1.165, 1.54) is 25.3 Å². The Labute approximate surface area is 129 Å². The minimum absolute atomic E-state index is 0.125. The van der Waals surface area contributed by atoms with E-state index in [-0.39, 0.29) is 17.9 Å². The number of carbonyl (C=O) groups excluding carboxylic acids is 1. The Morgan fingerprint density at radius 1 is 1.26 bits per heavy atom. The highest BCUT2D eigenvalue weighted by Crippen LogP contribution is 2.23. The van der Waals surface area contributed by atoms with Crippen molar-refractivity contribution in [1.29, 1.82) is 0 Å². The Hall–Kier alpha value is -2.48. The second-order valence-corrected chi connectivity index (χ2v) is 5.01. The second kappa shape index (κ2) is 6.33. The van der Waals surface area contributed by atoms with Crippen molar-refractivity contribution in [1.82, 2.24) is 5.32 Å². The van der Waals surface area contributed by atoms with Crippen LogP contribution in [0.5, 0.6) is 5.75 Å². The monoisotopic (exact) mass is 329 g/mol. The van der Waals surface area contributed by atoms with Gasteiger partial charge in [0.05, 0.1) is 12.8 Å². The molecule has 0 saturated carbocycles. The standard InChI is InChI=1S/C15H14F3NO4/c1-14(21,12-3-2-8-22-12)9-19-13(20)10-4-6-11(7-5-10)23-15(16,17)18/h2-8,21H,9H2,1H3,(H,19,20). The topological polar surface area (TPSA) is 71.7 Å². The van der Waals surface area contributed by atoms with Gasteiger partial charge in [0.1, 0.15) is 17.1 Å². The maximum absolute atomic E-state index is 12.0. The molecule has 2 aromatic rings. The average molecular weight is 329 g/mol. The molecule has 1 aromatic heterocycles. The summed E-state index contributed by atoms with van der Waals surface area (Å²) in [6.45, 7) is 1.34. The van der Waals surface area contributed by atoms with Gasteiger partial charge in [0, 0.05) is 5.56 Å². The first-order valence-electron chi connectivity index (χ1n) is 6.58. The Balaban J connectivity index is 1.96. The molecule has 0 aliphatic heterocycles. The van der Waals surface area contributed by atoms with E-state index in [2.05, 4.69) is 10.1 Å². The highest BCUT2D eigenvalue weighted by Gasteiger charge is 2.31. The van der Waals surface area contributed by atoms with Crippen LogP contribution in [0.15, 0.2) is 47.1 Å². The lowest BCUT2D eigenvalue weighted by Crippen LogP contribution is -2.38. The molecule has 0 saturated heterocycles. The van der Waals surface area contributed by atoms with Gasteiger partial charge >= 0.3 is 6.36 Å². The van der Waals surface area contributed by atoms with Gasteiger partial charge in [-0.3, -0.25) is 4.79 Å². The minimum atomic E-state index is -4.79. The summed E-state index contributed by atoms with van der Waals surface area (Å²) in [5.74, 6) is -0.682. The Morgan fingerprint density at radius 2 is 1.91 bits per heavy atom. The van der Waals surface area contributed by atoms with Gasteiger partial charge < -0.3 is 19.6 Å². The zero-order chi connectivity index (χ0) is 17.1. The van der Waals surface area contributed by atoms with Crippen LogP contribution in [0.25, 0.3) is 0 Å². The number of hydrogen-bond donors (Lipinski definition) is 2. The third-order valence-corrected chi connectivity index (χ3v) is 3.00. The first kappa shape index (κ1) is 16.9. The summed E-state index contributed by atoms with van der Waals surface area (Å²) >= 11 is 0. The van der Waals surface area contributed by atoms with Crippen LogP contribution in [0.1, 0.15) is 23.0 Å². The average Bonchev–Trinajstić information content (AvgIpc) is 2.99. The molecule has 0 radical (unpaired) electrons. The smallest absolute Gasteiger partial charge is 0.466 e. The number of nitrogens with one attached hydrogen (secondary N) is 1. The molecule has 2 rings (SSSR count). The Bertz CT molecular complexity index is 648. The van der Waals surface area contributed by atoms with Gasteiger partial charge in [-0.1, -0.05) is 0 Å². The van der Waals surface area contributed by atoms with Crippen LogP contribution < -0.4 is 10.1 Å². The number of furan rings is 1. The predicted octanol–water partition coefficient (Wildman–Crippen LogP) is 2.82. The van der Waals surface area contributed by atoms with Gasteiger partial charge in [0.25, 0.3) is 5.91 Å². The molecule has 0 aliphatic rings. The van der Waals surface area contributed by atoms with Crippen molar-refractivity contribution in [3.8, 4) is 5.75 Å². The SMILES string of the molecule is CC(O)(CNC(=O)c1ccc(OC(F)(F)F)cc1)c1ccco1. The fraction of sp³-hybridized carbons (Fsp3) is 0.267. The highest BCUT2D eigenvalue weighted by molar-refractivity contribution is 5.94. The Kier molecular flexibility index (Phi) is 4.65. The lowest BCUT2D eigenvalue weighted by atomic mass is 10.0. The molecule has 23 heavy (non-hydrogen) atoms. The van der Waals surface area contributed by atoms with Crippen LogP contribution in [0.2, 0.25) is 0 Å². The van der Waals surface area contributed by atoms with Crippen molar-refractivity contribution < 1.29 is 32.2 Å². The summed E-state index contributed by atoms with van der Waals surface area (Å²) < 4.78 is 44.9. The molecular formula is C15H14F3NO4. The van der Waals surface area contributed by atoms with Crippen molar-refractivity contribution in [3.63, 3.8) is 0 Å². The van der Waals surface area contributed by atoms with Gasteiger partial charge in [0.15, 0.2) is 0 Å². The molecule has 1 heterocycles. The van der Waals surface area contributed by atoms with E-state index in [0.29, 0.717) is 0 Å². The molecule has 8 heteroatoms. The number of amides is 1. The molecule has 0 bridgehead atoms. The molecule has 1 atom stereocenters. The van der Waals surface area contributed by atoms with E-state index in [0.717, 1.165) is 12.1 Å². The van der Waals surface area contributed by atoms with E-state index >= 15 is 0 Å². The Morgan fingerprint density at radius 3 is 2.43 bits per heavy atom. The van der Waals surface area contributed by atoms with Crippen LogP contribution in [0, 0.1) is 0 Å². The third kappa shape index (κ3) is 4.75. The van der Waals surface area contributed by atoms with Gasteiger partial charge in [0.2, 0.25) is 0 Å². The molecule has 1 amide bonds. The molecular weight excluding hydrogens is 315 g/mol. The van der Waals surface area contributed by atoms with E-state index in [1.54, 1.807) is 12.1 Å². The molecule has 1 aromatic carbocycles. The van der Waals surface area contributed by atoms with Crippen LogP contribution in [0.3, 0.4) is 0 Å². The number of aliphatic hydroxyl groups is 1. The summed E-state index contributed by atoms with van der Waals surface area (Å²) in [6.07, 6.45) is -3.39. The first-order valence-corrected chi connectivity index (χ1v) is 6.58. The van der Waals surface area contributed by atoms with Gasteiger partial charge in [-0.2, -0.15) is 0 Å². The number of rotatable bonds is 5. The summed E-state index contributed by atoms with van der Waals surface area (Å²) in [5.41, 5.74) is -1.27. The zero-order valence-electron chi connectivity index (χ0n) is 12.1. The zero-order valence-corrected chi connectivity index (χ0v) is 12.1. The quantitative estimate of drug-likeness (QED) is 0.885. The van der Waals surface area contributed by atoms with Crippen molar-refractivity contribution in [2.24, 2.45) is 0 Å². The van der Waals surface area contributed by atoms with Crippen molar-refractivity contribution >= 4 is 5.91 Å². The molecule has 5 nitrogen and oxygen atoms in total. The largest absolute Gasteiger partial charge is 0.573 e. The summed E-state index contributed by atoms with van der Waals surface area (Å²) in [5, 5.41) is 12.7. The number of benzene rings is 1. The van der Waals surface area contributed by atoms with Gasteiger partial charge in [-0.05, 0) is 43.3 Å². The van der Waals surface area contributed by atoms with Crippen LogP contribution >= 0.6 is 0 Å². The van der Waals surface area contributed by atoms with E-state index in [9.17, 15) is 23.1 Å². The molecule has 0 aliphatic carbocycles. The summed E-state index contributed by atoms with van der Waals surface area (Å²) in [6, 6.07) is 7.62. The number of alkyl halides is 3. The van der Waals surface area contributed by atoms with Crippen molar-refractivity contribution in [3.05, 3.63) is 54.0 Å². The molecule has 2 N–H and O–H groups in total. The lowest BCUT2D eigenvalue weighted by molar-refractivity contribution is -0.274. The maximum Gasteiger partial charge on any atom is 0.573 e. The van der Waals surface area contributed by atoms with Gasteiger partial charge in [-0.25, -0.2) is 0 Å². The highest BCUT2D eigenvalue weighted by atomic mass is 19.4. The molecule has 1 unspecified atom stereocenters. The van der Waals surface area contributed by atoms with E-state index < -0.39 is 23.6 Å². The number of ether oxygens (including phenoxy) is 1. The number of halogens is 3. The maximum atomic E-state index is 12.0. The van der Waals surface area contributed by atoms with Crippen LogP contribution in [0.4, 0.5) is 13.2 Å². The molecule has 0 spiro atoms. The van der Waals surface area contributed by atoms with Gasteiger partial charge in [-0.15, -0.1) is 13.2 Å². The summed E-state index contributed by atoms with van der Waals surface area (Å²) in [7, 11) is 0. The fourth-order valence-corrected chi connectivity index (χ4v) is 1.83. The normalized spacial score (nSPS) is 14.1. The fourth-order valence-electron chi connectivity index (χ4n) is 1.83. The van der Waals surface area contributed by atoms with Crippen LogP contribution in [-0.2, 0) is 5.60 Å². The van der Waals surface area contributed by atoms with Crippen molar-refractivity contribution in [2.75, 3.05) is 6.54 Å². The molecule has 0 fully saturated rings. The lowest BCUT2D eigenvalue weighted by Gasteiger charge is -2.21. The van der Waals surface area contributed by atoms with E-state index in [4.69, 9.17) is 4.42 Å². The summed E-state index contributed by atoms with van der Waals surface area (Å²) in [4.78, 5) is 11.9. The second-order valence-electron chi connectivity index (χ2n) is 5.01. The van der Waals surface area contributed by atoms with Crippen molar-refractivity contribution in [2.45, 2.75) is 18.9 Å². The van der Waals surface area contributed by atoms with Crippen LogP contribution in [-0.4, -0.2) is 23.9 Å². The minimum Gasteiger partial charge on any atom is -0.466 e.